The van der Waals surface area contributed by atoms with Crippen molar-refractivity contribution in [1.29, 1.82) is 0 Å². The van der Waals surface area contributed by atoms with E-state index in [1.54, 1.807) is 0 Å². The summed E-state index contributed by atoms with van der Waals surface area (Å²) in [5.74, 6) is -0.503. The second kappa shape index (κ2) is 9.10. The highest BCUT2D eigenvalue weighted by Crippen LogP contribution is 2.24. The van der Waals surface area contributed by atoms with Gasteiger partial charge in [0.2, 0.25) is 0 Å². The van der Waals surface area contributed by atoms with Crippen molar-refractivity contribution in [2.45, 2.75) is 13.8 Å². The van der Waals surface area contributed by atoms with Crippen LogP contribution >= 0.6 is 11.6 Å². The number of benzene rings is 2. The Bertz CT molecular complexity index is 774. The Morgan fingerprint density at radius 3 is 2.27 bits per heavy atom. The number of amides is 2. The minimum absolute atomic E-state index is 0.302. The molecule has 0 aliphatic heterocycles. The maximum atomic E-state index is 12.2. The number of hydrogen-bond acceptors (Lipinski definition) is 4. The van der Waals surface area contributed by atoms with Crippen molar-refractivity contribution in [2.24, 2.45) is 0 Å². The smallest absolute Gasteiger partial charge is 0.337 e. The summed E-state index contributed by atoms with van der Waals surface area (Å²) in [4.78, 5) is 26.0. The van der Waals surface area contributed by atoms with Crippen LogP contribution in [0.5, 0.6) is 0 Å². The molecule has 0 aliphatic rings. The average Bonchev–Trinajstić information content (AvgIpc) is 2.65. The van der Waals surface area contributed by atoms with E-state index in [4.69, 9.17) is 11.6 Å². The monoisotopic (exact) mass is 375 g/mol. The van der Waals surface area contributed by atoms with E-state index in [-0.39, 0.29) is 0 Å². The minimum atomic E-state index is -0.503. The SMILES string of the molecule is CCN(CC)c1ccc(NC(=O)Nc2cc(C(=O)OC)ccc2Cl)cc1. The van der Waals surface area contributed by atoms with Gasteiger partial charge in [0, 0.05) is 24.5 Å². The van der Waals surface area contributed by atoms with E-state index in [0.717, 1.165) is 18.8 Å². The zero-order valence-corrected chi connectivity index (χ0v) is 15.8. The van der Waals surface area contributed by atoms with Crippen LogP contribution in [0.4, 0.5) is 21.9 Å². The fraction of sp³-hybridized carbons (Fsp3) is 0.263. The average molecular weight is 376 g/mol. The largest absolute Gasteiger partial charge is 0.465 e. The van der Waals surface area contributed by atoms with E-state index in [9.17, 15) is 9.59 Å². The van der Waals surface area contributed by atoms with Crippen molar-refractivity contribution in [1.82, 2.24) is 0 Å². The number of esters is 1. The van der Waals surface area contributed by atoms with Gasteiger partial charge >= 0.3 is 12.0 Å². The normalized spacial score (nSPS) is 10.2. The van der Waals surface area contributed by atoms with Gasteiger partial charge in [-0.2, -0.15) is 0 Å². The van der Waals surface area contributed by atoms with Crippen LogP contribution in [-0.2, 0) is 4.74 Å². The molecule has 0 radical (unpaired) electrons. The van der Waals surface area contributed by atoms with E-state index < -0.39 is 12.0 Å². The summed E-state index contributed by atoms with van der Waals surface area (Å²) in [6.07, 6.45) is 0. The Labute approximate surface area is 158 Å². The molecule has 0 heterocycles. The number of anilines is 3. The Balaban J connectivity index is 2.06. The highest BCUT2D eigenvalue weighted by atomic mass is 35.5. The lowest BCUT2D eigenvalue weighted by Gasteiger charge is -2.21. The summed E-state index contributed by atoms with van der Waals surface area (Å²) in [5, 5.41) is 5.70. The van der Waals surface area contributed by atoms with Crippen LogP contribution in [0.3, 0.4) is 0 Å². The number of nitrogens with zero attached hydrogens (tertiary/aromatic N) is 1. The van der Waals surface area contributed by atoms with Crippen LogP contribution in [0.2, 0.25) is 5.02 Å². The quantitative estimate of drug-likeness (QED) is 0.723. The van der Waals surface area contributed by atoms with Crippen LogP contribution in [0.15, 0.2) is 42.5 Å². The zero-order valence-electron chi connectivity index (χ0n) is 15.0. The zero-order chi connectivity index (χ0) is 19.1. The Morgan fingerprint density at radius 2 is 1.69 bits per heavy atom. The lowest BCUT2D eigenvalue weighted by Crippen LogP contribution is -2.22. The predicted molar refractivity (Wildman–Crippen MR) is 105 cm³/mol. The summed E-state index contributed by atoms with van der Waals surface area (Å²) in [7, 11) is 1.29. The third-order valence-electron chi connectivity index (χ3n) is 3.89. The van der Waals surface area contributed by atoms with Gasteiger partial charge in [-0.25, -0.2) is 9.59 Å². The summed E-state index contributed by atoms with van der Waals surface area (Å²) in [6, 6.07) is 11.6. The Morgan fingerprint density at radius 1 is 1.04 bits per heavy atom. The molecular weight excluding hydrogens is 354 g/mol. The number of rotatable bonds is 6. The molecule has 0 bridgehead atoms. The molecule has 0 aromatic heterocycles. The third-order valence-corrected chi connectivity index (χ3v) is 4.22. The van der Waals surface area contributed by atoms with Gasteiger partial charge in [-0.1, -0.05) is 11.6 Å². The van der Waals surface area contributed by atoms with Crippen molar-refractivity contribution in [3.8, 4) is 0 Å². The highest BCUT2D eigenvalue weighted by molar-refractivity contribution is 6.34. The second-order valence-electron chi connectivity index (χ2n) is 5.48. The number of carbonyl (C=O) groups excluding carboxylic acids is 2. The number of nitrogens with one attached hydrogen (secondary N) is 2. The van der Waals surface area contributed by atoms with Crippen LogP contribution in [-0.4, -0.2) is 32.2 Å². The van der Waals surface area contributed by atoms with E-state index in [1.165, 1.54) is 25.3 Å². The van der Waals surface area contributed by atoms with Crippen molar-refractivity contribution < 1.29 is 14.3 Å². The van der Waals surface area contributed by atoms with Gasteiger partial charge in [0.1, 0.15) is 0 Å². The summed E-state index contributed by atoms with van der Waals surface area (Å²) >= 11 is 6.08. The molecule has 0 saturated heterocycles. The highest BCUT2D eigenvalue weighted by Gasteiger charge is 2.11. The molecule has 0 aliphatic carbocycles. The van der Waals surface area contributed by atoms with Crippen LogP contribution in [0, 0.1) is 0 Å². The summed E-state index contributed by atoms with van der Waals surface area (Å²) in [5.41, 5.74) is 2.37. The standard InChI is InChI=1S/C19H22ClN3O3/c1-4-23(5-2)15-9-7-14(8-10-15)21-19(25)22-17-12-13(18(24)26-3)6-11-16(17)20/h6-12H,4-5H2,1-3H3,(H2,21,22,25). The van der Waals surface area contributed by atoms with Crippen LogP contribution in [0.25, 0.3) is 0 Å². The summed E-state index contributed by atoms with van der Waals surface area (Å²) in [6.45, 7) is 6.02. The molecule has 138 valence electrons. The number of hydrogen-bond donors (Lipinski definition) is 2. The first kappa shape index (κ1) is 19.6. The van der Waals surface area contributed by atoms with Gasteiger partial charge in [0.05, 0.1) is 23.4 Å². The lowest BCUT2D eigenvalue weighted by atomic mass is 10.2. The number of halogens is 1. The molecular formula is C19H22ClN3O3. The van der Waals surface area contributed by atoms with Crippen molar-refractivity contribution in [2.75, 3.05) is 35.7 Å². The van der Waals surface area contributed by atoms with Gasteiger partial charge in [0.25, 0.3) is 0 Å². The molecule has 2 amide bonds. The lowest BCUT2D eigenvalue weighted by molar-refractivity contribution is 0.0600. The fourth-order valence-corrected chi connectivity index (χ4v) is 2.66. The molecule has 26 heavy (non-hydrogen) atoms. The molecule has 0 unspecified atom stereocenters. The number of ether oxygens (including phenoxy) is 1. The predicted octanol–water partition coefficient (Wildman–Crippen LogP) is 4.62. The molecule has 2 aromatic rings. The van der Waals surface area contributed by atoms with E-state index in [1.807, 2.05) is 24.3 Å². The summed E-state index contributed by atoms with van der Waals surface area (Å²) < 4.78 is 4.67. The van der Waals surface area contributed by atoms with Crippen molar-refractivity contribution in [3.63, 3.8) is 0 Å². The van der Waals surface area contributed by atoms with Crippen LogP contribution in [0.1, 0.15) is 24.2 Å². The number of methoxy groups -OCH3 is 1. The molecule has 2 aromatic carbocycles. The topological polar surface area (TPSA) is 70.7 Å². The Kier molecular flexibility index (Phi) is 6.86. The van der Waals surface area contributed by atoms with Gasteiger partial charge in [0.15, 0.2) is 0 Å². The van der Waals surface area contributed by atoms with Crippen LogP contribution < -0.4 is 15.5 Å². The molecule has 7 heteroatoms. The molecule has 2 N–H and O–H groups in total. The van der Waals surface area contributed by atoms with Gasteiger partial charge < -0.3 is 20.3 Å². The third kappa shape index (κ3) is 4.89. The molecule has 0 saturated carbocycles. The van der Waals surface area contributed by atoms with Gasteiger partial charge in [-0.05, 0) is 56.3 Å². The minimum Gasteiger partial charge on any atom is -0.465 e. The van der Waals surface area contributed by atoms with E-state index in [0.29, 0.717) is 22.0 Å². The maximum Gasteiger partial charge on any atom is 0.337 e. The van der Waals surface area contributed by atoms with E-state index >= 15 is 0 Å². The first-order valence-electron chi connectivity index (χ1n) is 8.29. The van der Waals surface area contributed by atoms with Gasteiger partial charge in [-0.3, -0.25) is 0 Å². The molecule has 2 rings (SSSR count). The first-order valence-corrected chi connectivity index (χ1v) is 8.67. The first-order chi connectivity index (χ1) is 12.5. The molecule has 0 fully saturated rings. The second-order valence-corrected chi connectivity index (χ2v) is 5.89. The van der Waals surface area contributed by atoms with Gasteiger partial charge in [-0.15, -0.1) is 0 Å². The maximum absolute atomic E-state index is 12.2. The Hall–Kier alpha value is -2.73. The van der Waals surface area contributed by atoms with E-state index in [2.05, 4.69) is 34.1 Å². The molecule has 0 atom stereocenters. The van der Waals surface area contributed by atoms with Crippen molar-refractivity contribution in [3.05, 3.63) is 53.1 Å². The number of urea groups is 1. The molecule has 6 nitrogen and oxygen atoms in total. The molecule has 0 spiro atoms. The van der Waals surface area contributed by atoms with Crippen molar-refractivity contribution >= 4 is 40.7 Å². The fourth-order valence-electron chi connectivity index (χ4n) is 2.49. The number of carbonyl (C=O) groups is 2.